The van der Waals surface area contributed by atoms with Gasteiger partial charge in [0.05, 0.1) is 12.7 Å². The van der Waals surface area contributed by atoms with Crippen LogP contribution in [0.5, 0.6) is 0 Å². The SMILES string of the molecule is C/C=C/CC1OC1CO. The average Bonchev–Trinajstić information content (AvgIpc) is 2.62. The molecular weight excluding hydrogens is 116 g/mol. The molecule has 0 spiro atoms. The van der Waals surface area contributed by atoms with E-state index < -0.39 is 0 Å². The second-order valence-electron chi connectivity index (χ2n) is 2.20. The van der Waals surface area contributed by atoms with E-state index >= 15 is 0 Å². The first-order chi connectivity index (χ1) is 4.38. The van der Waals surface area contributed by atoms with Crippen molar-refractivity contribution in [2.24, 2.45) is 0 Å². The minimum atomic E-state index is 0.126. The fourth-order valence-electron chi connectivity index (χ4n) is 0.817. The lowest BCUT2D eigenvalue weighted by Gasteiger charge is -1.81. The van der Waals surface area contributed by atoms with Crippen LogP contribution >= 0.6 is 0 Å². The van der Waals surface area contributed by atoms with Crippen LogP contribution in [0.2, 0.25) is 0 Å². The van der Waals surface area contributed by atoms with Crippen molar-refractivity contribution in [3.8, 4) is 0 Å². The standard InChI is InChI=1S/C7H12O2/c1-2-3-4-6-7(5-8)9-6/h2-3,6-8H,4-5H2,1H3/b3-2+. The maximum Gasteiger partial charge on any atom is 0.107 e. The number of rotatable bonds is 3. The molecule has 2 unspecified atom stereocenters. The van der Waals surface area contributed by atoms with Gasteiger partial charge in [-0.15, -0.1) is 0 Å². The average molecular weight is 128 g/mol. The molecule has 1 fully saturated rings. The van der Waals surface area contributed by atoms with E-state index in [-0.39, 0.29) is 12.7 Å². The van der Waals surface area contributed by atoms with Crippen molar-refractivity contribution >= 4 is 0 Å². The highest BCUT2D eigenvalue weighted by atomic mass is 16.6. The predicted molar refractivity (Wildman–Crippen MR) is 35.2 cm³/mol. The zero-order chi connectivity index (χ0) is 6.69. The number of aliphatic hydroxyl groups is 1. The molecule has 0 aromatic rings. The Kier molecular flexibility index (Phi) is 2.25. The van der Waals surface area contributed by atoms with E-state index in [9.17, 15) is 0 Å². The molecule has 0 bridgehead atoms. The minimum absolute atomic E-state index is 0.126. The lowest BCUT2D eigenvalue weighted by molar-refractivity contribution is 0.242. The Labute approximate surface area is 55.1 Å². The second kappa shape index (κ2) is 2.99. The molecule has 0 aromatic carbocycles. The molecule has 1 aliphatic rings. The Bertz CT molecular complexity index is 109. The molecule has 0 radical (unpaired) electrons. The van der Waals surface area contributed by atoms with Crippen molar-refractivity contribution in [3.63, 3.8) is 0 Å². The Morgan fingerprint density at radius 2 is 2.33 bits per heavy atom. The normalized spacial score (nSPS) is 33.6. The number of hydrogen-bond acceptors (Lipinski definition) is 2. The van der Waals surface area contributed by atoms with E-state index in [2.05, 4.69) is 6.08 Å². The fraction of sp³-hybridized carbons (Fsp3) is 0.714. The van der Waals surface area contributed by atoms with Crippen molar-refractivity contribution in [2.45, 2.75) is 25.6 Å². The van der Waals surface area contributed by atoms with Crippen LogP contribution in [0.25, 0.3) is 0 Å². The summed E-state index contributed by atoms with van der Waals surface area (Å²) in [5.41, 5.74) is 0. The van der Waals surface area contributed by atoms with Gasteiger partial charge in [0.25, 0.3) is 0 Å². The summed E-state index contributed by atoms with van der Waals surface area (Å²) in [7, 11) is 0. The summed E-state index contributed by atoms with van der Waals surface area (Å²) >= 11 is 0. The van der Waals surface area contributed by atoms with Crippen LogP contribution in [-0.2, 0) is 4.74 Å². The van der Waals surface area contributed by atoms with Gasteiger partial charge in [0.2, 0.25) is 0 Å². The second-order valence-corrected chi connectivity index (χ2v) is 2.20. The van der Waals surface area contributed by atoms with Crippen LogP contribution in [0.4, 0.5) is 0 Å². The largest absolute Gasteiger partial charge is 0.394 e. The molecule has 2 nitrogen and oxygen atoms in total. The lowest BCUT2D eigenvalue weighted by Crippen LogP contribution is -1.97. The van der Waals surface area contributed by atoms with Gasteiger partial charge in [0.1, 0.15) is 6.10 Å². The number of aliphatic hydroxyl groups excluding tert-OH is 1. The first kappa shape index (κ1) is 6.78. The molecule has 2 atom stereocenters. The van der Waals surface area contributed by atoms with Gasteiger partial charge >= 0.3 is 0 Å². The van der Waals surface area contributed by atoms with Crippen molar-refractivity contribution in [2.75, 3.05) is 6.61 Å². The monoisotopic (exact) mass is 128 g/mol. The topological polar surface area (TPSA) is 32.8 Å². The molecular formula is C7H12O2. The summed E-state index contributed by atoms with van der Waals surface area (Å²) in [6.45, 7) is 2.15. The molecule has 1 N–H and O–H groups in total. The maximum atomic E-state index is 8.53. The van der Waals surface area contributed by atoms with Crippen LogP contribution < -0.4 is 0 Å². The smallest absolute Gasteiger partial charge is 0.107 e. The highest BCUT2D eigenvalue weighted by molar-refractivity contribution is 4.92. The van der Waals surface area contributed by atoms with E-state index in [0.717, 1.165) is 6.42 Å². The minimum Gasteiger partial charge on any atom is -0.394 e. The molecule has 9 heavy (non-hydrogen) atoms. The summed E-state index contributed by atoms with van der Waals surface area (Å²) in [4.78, 5) is 0. The molecule has 0 aliphatic carbocycles. The number of hydrogen-bond donors (Lipinski definition) is 1. The van der Waals surface area contributed by atoms with E-state index in [1.165, 1.54) is 0 Å². The van der Waals surface area contributed by atoms with Crippen LogP contribution in [0.1, 0.15) is 13.3 Å². The lowest BCUT2D eigenvalue weighted by atomic mass is 10.2. The first-order valence-electron chi connectivity index (χ1n) is 3.26. The van der Waals surface area contributed by atoms with Crippen LogP contribution in [0.3, 0.4) is 0 Å². The summed E-state index contributed by atoms with van der Waals surface area (Å²) in [5.74, 6) is 0. The quantitative estimate of drug-likeness (QED) is 0.448. The maximum absolute atomic E-state index is 8.53. The van der Waals surface area contributed by atoms with Crippen molar-refractivity contribution < 1.29 is 9.84 Å². The predicted octanol–water partition coefficient (Wildman–Crippen LogP) is 0.712. The Balaban J connectivity index is 2.05. The summed E-state index contributed by atoms with van der Waals surface area (Å²) in [5, 5.41) is 8.53. The highest BCUT2D eigenvalue weighted by Crippen LogP contribution is 2.24. The van der Waals surface area contributed by atoms with E-state index in [1.807, 2.05) is 13.0 Å². The zero-order valence-electron chi connectivity index (χ0n) is 5.58. The molecule has 1 heterocycles. The third-order valence-corrected chi connectivity index (χ3v) is 1.47. The molecule has 52 valence electrons. The molecule has 1 saturated heterocycles. The van der Waals surface area contributed by atoms with Gasteiger partial charge in [0.15, 0.2) is 0 Å². The van der Waals surface area contributed by atoms with Gasteiger partial charge in [-0.25, -0.2) is 0 Å². The van der Waals surface area contributed by atoms with Crippen LogP contribution in [-0.4, -0.2) is 23.9 Å². The summed E-state index contributed by atoms with van der Waals surface area (Å²) < 4.78 is 5.07. The Morgan fingerprint density at radius 3 is 2.78 bits per heavy atom. The Hall–Kier alpha value is -0.340. The van der Waals surface area contributed by atoms with E-state index in [1.54, 1.807) is 0 Å². The van der Waals surface area contributed by atoms with Crippen molar-refractivity contribution in [3.05, 3.63) is 12.2 Å². The van der Waals surface area contributed by atoms with Gasteiger partial charge in [-0.1, -0.05) is 12.2 Å². The zero-order valence-corrected chi connectivity index (χ0v) is 5.58. The molecule has 0 saturated carbocycles. The van der Waals surface area contributed by atoms with Gasteiger partial charge in [-0.3, -0.25) is 0 Å². The number of ether oxygens (including phenoxy) is 1. The Morgan fingerprint density at radius 1 is 1.56 bits per heavy atom. The van der Waals surface area contributed by atoms with Gasteiger partial charge in [-0.05, 0) is 13.3 Å². The van der Waals surface area contributed by atoms with E-state index in [4.69, 9.17) is 9.84 Å². The number of epoxide rings is 1. The molecule has 0 aromatic heterocycles. The van der Waals surface area contributed by atoms with Gasteiger partial charge in [0, 0.05) is 0 Å². The molecule has 1 aliphatic heterocycles. The molecule has 2 heteroatoms. The van der Waals surface area contributed by atoms with Crippen LogP contribution in [0, 0.1) is 0 Å². The molecule has 0 amide bonds. The molecule has 1 rings (SSSR count). The van der Waals surface area contributed by atoms with E-state index in [0.29, 0.717) is 6.10 Å². The van der Waals surface area contributed by atoms with Crippen molar-refractivity contribution in [1.82, 2.24) is 0 Å². The van der Waals surface area contributed by atoms with Crippen LogP contribution in [0.15, 0.2) is 12.2 Å². The van der Waals surface area contributed by atoms with Crippen molar-refractivity contribution in [1.29, 1.82) is 0 Å². The first-order valence-corrected chi connectivity index (χ1v) is 3.26. The van der Waals surface area contributed by atoms with Gasteiger partial charge < -0.3 is 9.84 Å². The highest BCUT2D eigenvalue weighted by Gasteiger charge is 2.36. The number of allylic oxidation sites excluding steroid dienone is 1. The third kappa shape index (κ3) is 1.80. The summed E-state index contributed by atoms with van der Waals surface area (Å²) in [6, 6.07) is 0. The summed E-state index contributed by atoms with van der Waals surface area (Å²) in [6.07, 6.45) is 5.42. The third-order valence-electron chi connectivity index (χ3n) is 1.47. The van der Waals surface area contributed by atoms with Gasteiger partial charge in [-0.2, -0.15) is 0 Å². The fourth-order valence-corrected chi connectivity index (χ4v) is 0.817.